The van der Waals surface area contributed by atoms with Crippen LogP contribution in [0, 0.1) is 20.8 Å². The maximum absolute atomic E-state index is 13.3. The Morgan fingerprint density at radius 1 is 0.839 bits per heavy atom. The van der Waals surface area contributed by atoms with Crippen LogP contribution < -0.4 is 9.04 Å². The molecular weight excluding hydrogens is 410 g/mol. The first-order chi connectivity index (χ1) is 14.8. The van der Waals surface area contributed by atoms with Gasteiger partial charge in [-0.15, -0.1) is 0 Å². The number of amides is 1. The van der Waals surface area contributed by atoms with Crippen LogP contribution in [0.2, 0.25) is 0 Å². The monoisotopic (exact) mass is 437 g/mol. The zero-order chi connectivity index (χ0) is 22.4. The molecule has 0 heterocycles. The second-order valence-electron chi connectivity index (χ2n) is 7.53. The van der Waals surface area contributed by atoms with Crippen molar-refractivity contribution in [1.82, 2.24) is 0 Å². The maximum atomic E-state index is 13.3. The summed E-state index contributed by atoms with van der Waals surface area (Å²) in [6, 6.07) is 21.0. The van der Waals surface area contributed by atoms with Crippen LogP contribution in [-0.2, 0) is 14.8 Å². The molecule has 0 atom stereocenters. The Morgan fingerprint density at radius 2 is 1.42 bits per heavy atom. The van der Waals surface area contributed by atoms with Crippen molar-refractivity contribution in [2.24, 2.45) is 0 Å². The maximum Gasteiger partial charge on any atom is 0.270 e. The quantitative estimate of drug-likeness (QED) is 0.455. The molecule has 5 nitrogen and oxygen atoms in total. The van der Waals surface area contributed by atoms with Crippen molar-refractivity contribution in [3.05, 3.63) is 89.5 Å². The molecule has 0 N–H and O–H groups in total. The van der Waals surface area contributed by atoms with Gasteiger partial charge in [0, 0.05) is 6.42 Å². The predicted molar refractivity (Wildman–Crippen MR) is 123 cm³/mol. The number of hydrogen-bond donors (Lipinski definition) is 0. The molecule has 0 aliphatic heterocycles. The van der Waals surface area contributed by atoms with Crippen LogP contribution in [0.15, 0.2) is 77.7 Å². The molecule has 6 heteroatoms. The number of rotatable bonds is 8. The van der Waals surface area contributed by atoms with Crippen LogP contribution in [0.25, 0.3) is 0 Å². The number of benzene rings is 3. The fourth-order valence-corrected chi connectivity index (χ4v) is 4.59. The van der Waals surface area contributed by atoms with Gasteiger partial charge in [-0.05, 0) is 63.1 Å². The molecule has 0 bridgehead atoms. The third-order valence-electron chi connectivity index (χ3n) is 4.94. The molecule has 0 radical (unpaired) electrons. The number of nitrogens with zero attached hydrogens (tertiary/aromatic N) is 1. The van der Waals surface area contributed by atoms with E-state index in [0.29, 0.717) is 18.7 Å². The van der Waals surface area contributed by atoms with Gasteiger partial charge in [0.1, 0.15) is 5.75 Å². The lowest BCUT2D eigenvalue weighted by atomic mass is 10.2. The Balaban J connectivity index is 1.79. The Bertz CT molecular complexity index is 1140. The highest BCUT2D eigenvalue weighted by molar-refractivity contribution is 7.93. The topological polar surface area (TPSA) is 63.7 Å². The minimum atomic E-state index is -4.04. The highest BCUT2D eigenvalue weighted by atomic mass is 32.2. The molecule has 0 unspecified atom stereocenters. The molecule has 3 rings (SSSR count). The van der Waals surface area contributed by atoms with Gasteiger partial charge in [0.2, 0.25) is 5.91 Å². The molecule has 31 heavy (non-hydrogen) atoms. The summed E-state index contributed by atoms with van der Waals surface area (Å²) in [5, 5.41) is 0. The number of carbonyl (C=O) groups excluding carboxylic acids is 1. The molecule has 3 aromatic carbocycles. The van der Waals surface area contributed by atoms with Crippen molar-refractivity contribution < 1.29 is 17.9 Å². The number of anilines is 1. The third-order valence-corrected chi connectivity index (χ3v) is 6.70. The minimum absolute atomic E-state index is 0.0465. The van der Waals surface area contributed by atoms with E-state index in [1.807, 2.05) is 45.0 Å². The molecule has 0 spiro atoms. The fourth-order valence-electron chi connectivity index (χ4n) is 3.14. The van der Waals surface area contributed by atoms with Gasteiger partial charge in [-0.3, -0.25) is 4.79 Å². The van der Waals surface area contributed by atoms with Gasteiger partial charge in [-0.25, -0.2) is 12.7 Å². The standard InChI is InChI=1S/C25H27NO4S/c1-19-10-14-22(15-11-19)26(31(28,29)23-16-12-20(2)13-17-23)25(27)9-6-18-30-24-8-5-4-7-21(24)3/h4-5,7-8,10-17H,6,9,18H2,1-3H3. The lowest BCUT2D eigenvalue weighted by Crippen LogP contribution is -2.37. The van der Waals surface area contributed by atoms with Crippen LogP contribution in [0.1, 0.15) is 29.5 Å². The van der Waals surface area contributed by atoms with Gasteiger partial charge in [0.25, 0.3) is 10.0 Å². The predicted octanol–water partition coefficient (Wildman–Crippen LogP) is 5.19. The molecule has 0 saturated heterocycles. The van der Waals surface area contributed by atoms with E-state index in [2.05, 4.69) is 0 Å². The summed E-state index contributed by atoms with van der Waals surface area (Å²) < 4.78 is 33.3. The van der Waals surface area contributed by atoms with Crippen molar-refractivity contribution in [3.8, 4) is 5.75 Å². The zero-order valence-electron chi connectivity index (χ0n) is 18.0. The fraction of sp³-hybridized carbons (Fsp3) is 0.240. The molecule has 0 saturated carbocycles. The number of aryl methyl sites for hydroxylation is 3. The first-order valence-electron chi connectivity index (χ1n) is 10.2. The summed E-state index contributed by atoms with van der Waals surface area (Å²) in [6.07, 6.45) is 0.448. The number of hydrogen-bond acceptors (Lipinski definition) is 4. The van der Waals surface area contributed by atoms with E-state index in [0.717, 1.165) is 26.7 Å². The summed E-state index contributed by atoms with van der Waals surface area (Å²) in [5.74, 6) is 0.274. The molecule has 0 fully saturated rings. The van der Waals surface area contributed by atoms with Crippen LogP contribution in [-0.4, -0.2) is 20.9 Å². The summed E-state index contributed by atoms with van der Waals surface area (Å²) in [7, 11) is -4.04. The van der Waals surface area contributed by atoms with E-state index in [4.69, 9.17) is 4.74 Å². The van der Waals surface area contributed by atoms with Crippen molar-refractivity contribution in [3.63, 3.8) is 0 Å². The first kappa shape index (κ1) is 22.6. The largest absolute Gasteiger partial charge is 0.493 e. The van der Waals surface area contributed by atoms with Gasteiger partial charge < -0.3 is 4.74 Å². The summed E-state index contributed by atoms with van der Waals surface area (Å²) >= 11 is 0. The normalized spacial score (nSPS) is 11.2. The lowest BCUT2D eigenvalue weighted by molar-refractivity contribution is -0.117. The van der Waals surface area contributed by atoms with Crippen molar-refractivity contribution >= 4 is 21.6 Å². The van der Waals surface area contributed by atoms with E-state index in [1.165, 1.54) is 12.1 Å². The van der Waals surface area contributed by atoms with E-state index in [-0.39, 0.29) is 11.3 Å². The van der Waals surface area contributed by atoms with Gasteiger partial charge >= 0.3 is 0 Å². The average molecular weight is 438 g/mol. The molecule has 1 amide bonds. The molecule has 0 aliphatic carbocycles. The number of para-hydroxylation sites is 1. The lowest BCUT2D eigenvalue weighted by Gasteiger charge is -2.23. The van der Waals surface area contributed by atoms with Crippen molar-refractivity contribution in [1.29, 1.82) is 0 Å². The highest BCUT2D eigenvalue weighted by Gasteiger charge is 2.30. The second kappa shape index (κ2) is 9.79. The summed E-state index contributed by atoms with van der Waals surface area (Å²) in [6.45, 7) is 6.07. The molecule has 0 aromatic heterocycles. The minimum Gasteiger partial charge on any atom is -0.493 e. The Morgan fingerprint density at radius 3 is 2.03 bits per heavy atom. The Kier molecular flexibility index (Phi) is 7.13. The first-order valence-corrected chi connectivity index (χ1v) is 11.6. The van der Waals surface area contributed by atoms with E-state index >= 15 is 0 Å². The second-order valence-corrected chi connectivity index (χ2v) is 9.32. The molecule has 3 aromatic rings. The Hall–Kier alpha value is -3.12. The molecule has 162 valence electrons. The third kappa shape index (κ3) is 5.52. The summed E-state index contributed by atoms with van der Waals surface area (Å²) in [5.41, 5.74) is 3.27. The number of ether oxygens (including phenoxy) is 1. The van der Waals surface area contributed by atoms with Crippen LogP contribution >= 0.6 is 0 Å². The number of sulfonamides is 1. The van der Waals surface area contributed by atoms with Crippen molar-refractivity contribution in [2.45, 2.75) is 38.5 Å². The smallest absolute Gasteiger partial charge is 0.270 e. The Labute approximate surface area is 184 Å². The van der Waals surface area contributed by atoms with Gasteiger partial charge in [0.05, 0.1) is 17.2 Å². The van der Waals surface area contributed by atoms with Crippen molar-refractivity contribution in [2.75, 3.05) is 10.9 Å². The van der Waals surface area contributed by atoms with Gasteiger partial charge in [-0.1, -0.05) is 53.6 Å². The van der Waals surface area contributed by atoms with Crippen LogP contribution in [0.5, 0.6) is 5.75 Å². The van der Waals surface area contributed by atoms with E-state index < -0.39 is 15.9 Å². The SMILES string of the molecule is Cc1ccc(N(C(=O)CCCOc2ccccc2C)S(=O)(=O)c2ccc(C)cc2)cc1. The van der Waals surface area contributed by atoms with E-state index in [9.17, 15) is 13.2 Å². The summed E-state index contributed by atoms with van der Waals surface area (Å²) in [4.78, 5) is 13.2. The van der Waals surface area contributed by atoms with Crippen LogP contribution in [0.4, 0.5) is 5.69 Å². The number of carbonyl (C=O) groups is 1. The van der Waals surface area contributed by atoms with Gasteiger partial charge in [0.15, 0.2) is 0 Å². The molecule has 0 aliphatic rings. The van der Waals surface area contributed by atoms with Gasteiger partial charge in [-0.2, -0.15) is 0 Å². The zero-order valence-corrected chi connectivity index (χ0v) is 18.9. The average Bonchev–Trinajstić information content (AvgIpc) is 2.74. The highest BCUT2D eigenvalue weighted by Crippen LogP contribution is 2.26. The molecular formula is C25H27NO4S. The van der Waals surface area contributed by atoms with E-state index in [1.54, 1.807) is 36.4 Å². The van der Waals surface area contributed by atoms with Crippen LogP contribution in [0.3, 0.4) is 0 Å².